The second-order valence-electron chi connectivity index (χ2n) is 13.0. The molecule has 200 valence electrons. The quantitative estimate of drug-likeness (QED) is 0.118. The van der Waals surface area contributed by atoms with Crippen molar-refractivity contribution >= 4 is 61.5 Å². The van der Waals surface area contributed by atoms with Gasteiger partial charge in [0, 0.05) is 35.1 Å². The lowest BCUT2D eigenvalue weighted by atomic mass is 9.78. The molecule has 3 aliphatic rings. The van der Waals surface area contributed by atoms with E-state index in [1.165, 1.54) is 54.6 Å². The third-order valence-electron chi connectivity index (χ3n) is 7.96. The summed E-state index contributed by atoms with van der Waals surface area (Å²) in [5.74, 6) is 3.22. The summed E-state index contributed by atoms with van der Waals surface area (Å²) in [6.07, 6.45) is 0. The normalized spacial score (nSPS) is 15.0. The summed E-state index contributed by atoms with van der Waals surface area (Å²) in [6.45, 7) is 13.8. The Bertz CT molecular complexity index is 1760. The molecule has 5 aromatic carbocycles. The zero-order chi connectivity index (χ0) is 27.7. The largest absolute Gasteiger partial charge is 0.270 e. The van der Waals surface area contributed by atoms with Crippen molar-refractivity contribution < 1.29 is 4.92 Å². The number of rotatable bonds is 1. The van der Waals surface area contributed by atoms with Gasteiger partial charge in [0.1, 0.15) is 0 Å². The zero-order valence-electron chi connectivity index (χ0n) is 23.6. The van der Waals surface area contributed by atoms with E-state index in [2.05, 4.69) is 84.0 Å². The Morgan fingerprint density at radius 2 is 1.31 bits per heavy atom. The number of hydrogen-bond donors (Lipinski definition) is 0. The van der Waals surface area contributed by atoms with Crippen molar-refractivity contribution in [1.29, 1.82) is 0 Å². The van der Waals surface area contributed by atoms with E-state index in [-0.39, 0.29) is 21.4 Å². The Morgan fingerprint density at radius 1 is 0.667 bits per heavy atom. The zero-order valence-corrected chi connectivity index (χ0v) is 25.2. The van der Waals surface area contributed by atoms with Crippen LogP contribution >= 0.6 is 23.5 Å². The molecule has 3 aliphatic heterocycles. The summed E-state index contributed by atoms with van der Waals surface area (Å²) in [4.78, 5) is 11.4. The first-order valence-electron chi connectivity index (χ1n) is 13.6. The van der Waals surface area contributed by atoms with Crippen molar-refractivity contribution in [2.75, 3.05) is 0 Å². The number of benzene rings is 5. The van der Waals surface area contributed by atoms with E-state index in [9.17, 15) is 10.1 Å². The molecule has 5 heteroatoms. The van der Waals surface area contributed by atoms with Crippen molar-refractivity contribution in [3.05, 3.63) is 98.1 Å². The molecule has 3 heterocycles. The van der Waals surface area contributed by atoms with Gasteiger partial charge in [-0.25, -0.2) is 0 Å². The van der Waals surface area contributed by atoms with Crippen LogP contribution in [0.3, 0.4) is 0 Å². The van der Waals surface area contributed by atoms with Gasteiger partial charge in [-0.2, -0.15) is 23.5 Å². The van der Waals surface area contributed by atoms with E-state index in [1.54, 1.807) is 12.1 Å². The van der Waals surface area contributed by atoms with Crippen LogP contribution in [0.25, 0.3) is 32.3 Å². The van der Waals surface area contributed by atoms with E-state index in [4.69, 9.17) is 0 Å². The minimum atomic E-state index is -0.256. The van der Waals surface area contributed by atoms with E-state index in [1.807, 2.05) is 23.5 Å². The van der Waals surface area contributed by atoms with E-state index < -0.39 is 0 Å². The summed E-state index contributed by atoms with van der Waals surface area (Å²) in [6, 6.07) is 20.0. The smallest absolute Gasteiger partial charge is 0.258 e. The second-order valence-corrected chi connectivity index (χ2v) is 15.0. The molecule has 0 aromatic heterocycles. The van der Waals surface area contributed by atoms with Gasteiger partial charge < -0.3 is 0 Å². The molecule has 0 atom stereocenters. The summed E-state index contributed by atoms with van der Waals surface area (Å²) >= 11 is 3.70. The lowest BCUT2D eigenvalue weighted by molar-refractivity contribution is -0.385. The summed E-state index contributed by atoms with van der Waals surface area (Å²) < 4.78 is 0. The fraction of sp³-hybridized carbons (Fsp3) is 0.353. The summed E-state index contributed by atoms with van der Waals surface area (Å²) in [5, 5.41) is 19.9. The minimum absolute atomic E-state index is 0.00877. The molecule has 0 saturated carbocycles. The van der Waals surface area contributed by atoms with Gasteiger partial charge in [-0.05, 0) is 88.7 Å². The molecule has 0 aliphatic carbocycles. The van der Waals surface area contributed by atoms with Crippen molar-refractivity contribution in [3.8, 4) is 0 Å². The number of nitrogens with zero attached hydrogens (tertiary/aromatic N) is 1. The van der Waals surface area contributed by atoms with Crippen LogP contribution in [0, 0.1) is 10.1 Å². The van der Waals surface area contributed by atoms with Crippen molar-refractivity contribution in [1.82, 2.24) is 0 Å². The SMILES string of the molecule is CC(C)(C)c1cc2cc3c4c(C(C)(C)C)ccc5cc(c(c1)c2c54)CSCc1cc(cc([N+](=O)[O-])c1)CSC3. The van der Waals surface area contributed by atoms with Crippen molar-refractivity contribution in [2.24, 2.45) is 0 Å². The van der Waals surface area contributed by atoms with Crippen LogP contribution in [-0.2, 0) is 33.8 Å². The molecule has 0 amide bonds. The maximum Gasteiger partial charge on any atom is 0.270 e. The molecule has 10 bridgehead atoms. The standard InChI is InChI=1S/C34H35NO2S2/c1-33(2,3)26-14-23-13-25-19-39-17-21-9-20(10-27(11-21)35(36)37)16-38-18-24-12-22-7-8-29(34(4,5)6)31(25)32(22)30(23)28(24)15-26/h7-15H,16-19H2,1-6H3. The summed E-state index contributed by atoms with van der Waals surface area (Å²) in [5.41, 5.74) is 7.76. The van der Waals surface area contributed by atoms with Gasteiger partial charge in [-0.15, -0.1) is 0 Å². The number of hydrogen-bond acceptors (Lipinski definition) is 4. The van der Waals surface area contributed by atoms with Crippen molar-refractivity contribution in [2.45, 2.75) is 75.4 Å². The van der Waals surface area contributed by atoms with Crippen LogP contribution in [-0.4, -0.2) is 4.92 Å². The Morgan fingerprint density at radius 3 is 1.92 bits per heavy atom. The maximum absolute atomic E-state index is 11.7. The molecular weight excluding hydrogens is 519 g/mol. The molecule has 8 rings (SSSR count). The lowest BCUT2D eigenvalue weighted by Gasteiger charge is -2.27. The molecule has 0 saturated heterocycles. The molecule has 0 unspecified atom stereocenters. The average Bonchev–Trinajstić information content (AvgIpc) is 2.86. The summed E-state index contributed by atoms with van der Waals surface area (Å²) in [7, 11) is 0. The van der Waals surface area contributed by atoms with Crippen LogP contribution in [0.5, 0.6) is 0 Å². The number of nitro benzene ring substituents is 1. The monoisotopic (exact) mass is 553 g/mol. The first-order chi connectivity index (χ1) is 18.4. The molecule has 0 spiro atoms. The molecule has 3 nitrogen and oxygen atoms in total. The predicted molar refractivity (Wildman–Crippen MR) is 171 cm³/mol. The second kappa shape index (κ2) is 9.42. The van der Waals surface area contributed by atoms with E-state index >= 15 is 0 Å². The van der Waals surface area contributed by atoms with Crippen molar-refractivity contribution in [3.63, 3.8) is 0 Å². The van der Waals surface area contributed by atoms with Gasteiger partial charge in [-0.1, -0.05) is 71.9 Å². The first-order valence-corrected chi connectivity index (χ1v) is 15.9. The molecule has 0 fully saturated rings. The van der Waals surface area contributed by atoms with Crippen LogP contribution in [0.15, 0.2) is 54.6 Å². The van der Waals surface area contributed by atoms with Gasteiger partial charge in [-0.3, -0.25) is 10.1 Å². The highest BCUT2D eigenvalue weighted by Gasteiger charge is 2.25. The fourth-order valence-electron chi connectivity index (χ4n) is 6.04. The third kappa shape index (κ3) is 4.78. The van der Waals surface area contributed by atoms with Gasteiger partial charge in [0.15, 0.2) is 0 Å². The third-order valence-corrected chi connectivity index (χ3v) is 10.1. The Hall–Kier alpha value is -2.76. The number of non-ortho nitro benzene ring substituents is 1. The van der Waals surface area contributed by atoms with Gasteiger partial charge in [0.25, 0.3) is 5.69 Å². The van der Waals surface area contributed by atoms with Crippen LogP contribution in [0.4, 0.5) is 5.69 Å². The molecular formula is C34H35NO2S2. The number of nitro groups is 1. The van der Waals surface area contributed by atoms with Crippen LogP contribution in [0.2, 0.25) is 0 Å². The van der Waals surface area contributed by atoms with Gasteiger partial charge in [0.2, 0.25) is 0 Å². The molecule has 0 radical (unpaired) electrons. The minimum Gasteiger partial charge on any atom is -0.258 e. The predicted octanol–water partition coefficient (Wildman–Crippen LogP) is 10.3. The highest BCUT2D eigenvalue weighted by molar-refractivity contribution is 7.98. The first kappa shape index (κ1) is 26.5. The highest BCUT2D eigenvalue weighted by atomic mass is 32.2. The van der Waals surface area contributed by atoms with E-state index in [0.717, 1.165) is 34.1 Å². The number of thioether (sulfide) groups is 2. The fourth-order valence-corrected chi connectivity index (χ4v) is 7.96. The topological polar surface area (TPSA) is 43.1 Å². The molecule has 5 aromatic rings. The Kier molecular flexibility index (Phi) is 6.39. The lowest BCUT2D eigenvalue weighted by Crippen LogP contribution is -2.13. The van der Waals surface area contributed by atoms with Crippen LogP contribution in [0.1, 0.15) is 74.9 Å². The van der Waals surface area contributed by atoms with Crippen LogP contribution < -0.4 is 0 Å². The van der Waals surface area contributed by atoms with Gasteiger partial charge >= 0.3 is 0 Å². The average molecular weight is 554 g/mol. The Balaban J connectivity index is 1.67. The Labute approximate surface area is 239 Å². The van der Waals surface area contributed by atoms with Gasteiger partial charge in [0.05, 0.1) is 4.92 Å². The van der Waals surface area contributed by atoms with E-state index in [0.29, 0.717) is 0 Å². The highest BCUT2D eigenvalue weighted by Crippen LogP contribution is 2.46. The molecule has 39 heavy (non-hydrogen) atoms. The maximum atomic E-state index is 11.7. The molecule has 0 N–H and O–H groups in total.